The highest BCUT2D eigenvalue weighted by molar-refractivity contribution is 5.74. The molecule has 3 aromatic rings. The van der Waals surface area contributed by atoms with E-state index in [1.165, 1.54) is 5.56 Å². The second kappa shape index (κ2) is 11.9. The van der Waals surface area contributed by atoms with Gasteiger partial charge in [0, 0.05) is 11.3 Å². The highest BCUT2D eigenvalue weighted by atomic mass is 79.9. The Balaban J connectivity index is 0.00000341. The van der Waals surface area contributed by atoms with Crippen molar-refractivity contribution in [3.05, 3.63) is 90.5 Å². The zero-order valence-corrected chi connectivity index (χ0v) is 20.8. The molecule has 0 aromatic heterocycles. The molecule has 0 aliphatic heterocycles. The molecule has 0 radical (unpaired) electrons. The van der Waals surface area contributed by atoms with Crippen LogP contribution in [0, 0.1) is 0 Å². The van der Waals surface area contributed by atoms with Gasteiger partial charge in [0.05, 0.1) is 36.5 Å². The summed E-state index contributed by atoms with van der Waals surface area (Å²) in [4.78, 5) is 0. The Morgan fingerprint density at radius 2 is 1.19 bits per heavy atom. The van der Waals surface area contributed by atoms with Crippen LogP contribution in [0.25, 0.3) is 0 Å². The van der Waals surface area contributed by atoms with Crippen LogP contribution in [0.5, 0.6) is 0 Å². The van der Waals surface area contributed by atoms with Crippen molar-refractivity contribution in [2.45, 2.75) is 46.3 Å². The van der Waals surface area contributed by atoms with E-state index in [0.717, 1.165) is 41.2 Å². The van der Waals surface area contributed by atoms with Crippen LogP contribution in [-0.2, 0) is 6.54 Å². The number of halogens is 1. The first-order valence-electron chi connectivity index (χ1n) is 11.1. The summed E-state index contributed by atoms with van der Waals surface area (Å²) in [5, 5.41) is 7.24. The van der Waals surface area contributed by atoms with Gasteiger partial charge in [0.1, 0.15) is 6.54 Å². The number of nitrogens with zero attached hydrogens (tertiary/aromatic N) is 1. The molecular formula is C27H36BrN3. The van der Waals surface area contributed by atoms with Gasteiger partial charge in [0.25, 0.3) is 0 Å². The molecule has 3 aromatic carbocycles. The summed E-state index contributed by atoms with van der Waals surface area (Å²) < 4.78 is 1.06. The van der Waals surface area contributed by atoms with Crippen molar-refractivity contribution in [2.75, 3.05) is 23.7 Å². The van der Waals surface area contributed by atoms with Crippen molar-refractivity contribution < 1.29 is 21.5 Å². The molecule has 0 heterocycles. The molecule has 2 N–H and O–H groups in total. The van der Waals surface area contributed by atoms with Gasteiger partial charge >= 0.3 is 0 Å². The maximum absolute atomic E-state index is 3.71. The molecule has 0 bridgehead atoms. The second-order valence-electron chi connectivity index (χ2n) is 8.62. The second-order valence-corrected chi connectivity index (χ2v) is 8.62. The number of para-hydroxylation sites is 3. The lowest BCUT2D eigenvalue weighted by atomic mass is 10.1. The van der Waals surface area contributed by atoms with Crippen LogP contribution in [0.15, 0.2) is 84.9 Å². The van der Waals surface area contributed by atoms with Gasteiger partial charge in [-0.05, 0) is 52.0 Å². The van der Waals surface area contributed by atoms with Gasteiger partial charge in [-0.1, -0.05) is 60.7 Å². The molecule has 4 heteroatoms. The topological polar surface area (TPSA) is 24.1 Å². The van der Waals surface area contributed by atoms with Crippen LogP contribution >= 0.6 is 0 Å². The van der Waals surface area contributed by atoms with Crippen LogP contribution in [0.4, 0.5) is 17.1 Å². The smallest absolute Gasteiger partial charge is 0.105 e. The molecule has 0 aliphatic carbocycles. The minimum atomic E-state index is 0. The number of anilines is 3. The summed E-state index contributed by atoms with van der Waals surface area (Å²) in [6.45, 7) is 12.5. The molecule has 0 amide bonds. The summed E-state index contributed by atoms with van der Waals surface area (Å²) in [5.74, 6) is 0. The third kappa shape index (κ3) is 6.59. The predicted molar refractivity (Wildman–Crippen MR) is 130 cm³/mol. The highest BCUT2D eigenvalue weighted by Gasteiger charge is 2.34. The number of nitrogens with one attached hydrogen (secondary N) is 2. The van der Waals surface area contributed by atoms with Gasteiger partial charge in [-0.15, -0.1) is 0 Å². The highest BCUT2D eigenvalue weighted by Crippen LogP contribution is 2.27. The molecule has 0 atom stereocenters. The molecule has 0 saturated carbocycles. The minimum Gasteiger partial charge on any atom is -1.00 e. The zero-order valence-electron chi connectivity index (χ0n) is 19.2. The van der Waals surface area contributed by atoms with Crippen LogP contribution in [0.2, 0.25) is 0 Å². The van der Waals surface area contributed by atoms with Crippen molar-refractivity contribution in [1.29, 1.82) is 0 Å². The van der Waals surface area contributed by atoms with Crippen molar-refractivity contribution in [1.82, 2.24) is 0 Å². The van der Waals surface area contributed by atoms with Gasteiger partial charge in [-0.2, -0.15) is 0 Å². The van der Waals surface area contributed by atoms with E-state index < -0.39 is 0 Å². The maximum Gasteiger partial charge on any atom is 0.105 e. The third-order valence-electron chi connectivity index (χ3n) is 6.20. The first-order chi connectivity index (χ1) is 14.5. The Bertz CT molecular complexity index is 887. The molecular weight excluding hydrogens is 446 g/mol. The molecule has 3 nitrogen and oxygen atoms in total. The first kappa shape index (κ1) is 25.0. The largest absolute Gasteiger partial charge is 1.00 e. The molecule has 31 heavy (non-hydrogen) atoms. The third-order valence-corrected chi connectivity index (χ3v) is 6.20. The van der Waals surface area contributed by atoms with E-state index in [9.17, 15) is 0 Å². The number of hydrogen-bond acceptors (Lipinski definition) is 2. The Kier molecular flexibility index (Phi) is 9.60. The van der Waals surface area contributed by atoms with Crippen molar-refractivity contribution in [3.8, 4) is 0 Å². The normalized spacial score (nSPS) is 11.3. The van der Waals surface area contributed by atoms with Crippen LogP contribution < -0.4 is 27.6 Å². The maximum atomic E-state index is 3.71. The van der Waals surface area contributed by atoms with Crippen LogP contribution in [0.3, 0.4) is 0 Å². The van der Waals surface area contributed by atoms with E-state index in [0.29, 0.717) is 12.1 Å². The molecule has 0 spiro atoms. The zero-order chi connectivity index (χ0) is 21.4. The van der Waals surface area contributed by atoms with Crippen molar-refractivity contribution in [3.63, 3.8) is 0 Å². The molecule has 0 aliphatic rings. The predicted octanol–water partition coefficient (Wildman–Crippen LogP) is 3.68. The Morgan fingerprint density at radius 1 is 0.677 bits per heavy atom. The van der Waals surface area contributed by atoms with Gasteiger partial charge < -0.3 is 32.1 Å². The molecule has 3 rings (SSSR count). The van der Waals surface area contributed by atoms with Crippen molar-refractivity contribution in [2.24, 2.45) is 0 Å². The minimum absolute atomic E-state index is 0. The molecule has 0 unspecified atom stereocenters. The Morgan fingerprint density at radius 3 is 1.77 bits per heavy atom. The van der Waals surface area contributed by atoms with Gasteiger partial charge in [0.2, 0.25) is 0 Å². The summed E-state index contributed by atoms with van der Waals surface area (Å²) in [7, 11) is 0. The number of benzene rings is 3. The van der Waals surface area contributed by atoms with E-state index in [1.807, 2.05) is 6.07 Å². The van der Waals surface area contributed by atoms with Gasteiger partial charge in [0.15, 0.2) is 0 Å². The van der Waals surface area contributed by atoms with Gasteiger partial charge in [-0.3, -0.25) is 0 Å². The number of quaternary nitrogens is 1. The standard InChI is InChI=1S/C27H36N3.BrH/c1-22(2)30(23(3)4,21-24-13-7-5-8-14-24)20-19-28-26-17-11-12-18-27(26)29-25-15-9-6-10-16-25;/h5-18,22-23,28-29H,19-21H2,1-4H3;1H/q+1;/p-1. The van der Waals surface area contributed by atoms with E-state index in [1.54, 1.807) is 0 Å². The van der Waals surface area contributed by atoms with E-state index in [2.05, 4.69) is 117 Å². The average molecular weight is 483 g/mol. The quantitative estimate of drug-likeness (QED) is 0.431. The summed E-state index contributed by atoms with van der Waals surface area (Å²) >= 11 is 0. The summed E-state index contributed by atoms with van der Waals surface area (Å²) in [6, 6.07) is 30.8. The molecule has 0 fully saturated rings. The van der Waals surface area contributed by atoms with E-state index in [-0.39, 0.29) is 17.0 Å². The van der Waals surface area contributed by atoms with Gasteiger partial charge in [-0.25, -0.2) is 0 Å². The Hall–Kier alpha value is -2.30. The fourth-order valence-electron chi connectivity index (χ4n) is 4.30. The average Bonchev–Trinajstić information content (AvgIpc) is 2.75. The number of rotatable bonds is 10. The summed E-state index contributed by atoms with van der Waals surface area (Å²) in [5.41, 5.74) is 4.77. The molecule has 166 valence electrons. The fourth-order valence-corrected chi connectivity index (χ4v) is 4.30. The fraction of sp³-hybridized carbons (Fsp3) is 0.333. The molecule has 0 saturated heterocycles. The van der Waals surface area contributed by atoms with Crippen LogP contribution in [0.1, 0.15) is 33.3 Å². The Labute approximate surface area is 198 Å². The lowest BCUT2D eigenvalue weighted by molar-refractivity contribution is -0.977. The lowest BCUT2D eigenvalue weighted by Gasteiger charge is -2.46. The van der Waals surface area contributed by atoms with Crippen molar-refractivity contribution >= 4 is 17.1 Å². The monoisotopic (exact) mass is 481 g/mol. The van der Waals surface area contributed by atoms with E-state index >= 15 is 0 Å². The van der Waals surface area contributed by atoms with Crippen LogP contribution in [-0.4, -0.2) is 29.7 Å². The lowest BCUT2D eigenvalue weighted by Crippen LogP contribution is -3.00. The SMILES string of the molecule is CC(C)[N+](CCNc1ccccc1Nc1ccccc1)(Cc1ccccc1)C(C)C.[Br-]. The number of hydrogen-bond donors (Lipinski definition) is 2. The first-order valence-corrected chi connectivity index (χ1v) is 11.1. The summed E-state index contributed by atoms with van der Waals surface area (Å²) in [6.07, 6.45) is 0. The van der Waals surface area contributed by atoms with E-state index in [4.69, 9.17) is 0 Å².